The van der Waals surface area contributed by atoms with Crippen molar-refractivity contribution >= 4 is 5.97 Å². The molecule has 0 radical (unpaired) electrons. The number of halogens is 2. The third-order valence-electron chi connectivity index (χ3n) is 4.20. The Morgan fingerprint density at radius 3 is 2.03 bits per heavy atom. The molecule has 0 unspecified atom stereocenters. The SMILES string of the molecule is O=C(O)c1cccc(-c2ccccc2-c2cccc(-c3[c-]cc(F)nc3F)n2)n1.[Pt]. The van der Waals surface area contributed by atoms with Crippen LogP contribution in [0.2, 0.25) is 0 Å². The average Bonchev–Trinajstić information content (AvgIpc) is 2.74. The van der Waals surface area contributed by atoms with Crippen molar-refractivity contribution in [2.24, 2.45) is 0 Å². The number of carboxylic acid groups (broad SMARTS) is 1. The number of pyridine rings is 3. The smallest absolute Gasteiger partial charge is 0.354 e. The molecule has 4 rings (SSSR count). The van der Waals surface area contributed by atoms with Gasteiger partial charge < -0.3 is 5.11 Å². The summed E-state index contributed by atoms with van der Waals surface area (Å²) in [6.45, 7) is 0. The molecule has 5 nitrogen and oxygen atoms in total. The Kier molecular flexibility index (Phi) is 6.43. The van der Waals surface area contributed by atoms with E-state index in [1.165, 1.54) is 6.07 Å². The van der Waals surface area contributed by atoms with Crippen molar-refractivity contribution in [3.05, 3.63) is 90.4 Å². The zero-order valence-electron chi connectivity index (χ0n) is 15.1. The first-order valence-corrected chi connectivity index (χ1v) is 8.54. The average molecular weight is 583 g/mol. The Bertz CT molecular complexity index is 1230. The number of nitrogens with zero attached hydrogens (tertiary/aromatic N) is 3. The Hall–Kier alpha value is -3.31. The fraction of sp³-hybridized carbons (Fsp3) is 0. The second-order valence-electron chi connectivity index (χ2n) is 6.06. The van der Waals surface area contributed by atoms with Gasteiger partial charge in [0.1, 0.15) is 17.6 Å². The maximum Gasteiger partial charge on any atom is 0.354 e. The van der Waals surface area contributed by atoms with E-state index >= 15 is 0 Å². The van der Waals surface area contributed by atoms with Gasteiger partial charge in [0.2, 0.25) is 0 Å². The summed E-state index contributed by atoms with van der Waals surface area (Å²) in [6.07, 6.45) is 0. The summed E-state index contributed by atoms with van der Waals surface area (Å²) in [5.74, 6) is -3.09. The normalized spacial score (nSPS) is 10.3. The number of rotatable bonds is 4. The van der Waals surface area contributed by atoms with E-state index in [-0.39, 0.29) is 38.0 Å². The second-order valence-corrected chi connectivity index (χ2v) is 6.06. The molecule has 0 saturated carbocycles. The third kappa shape index (κ3) is 4.31. The topological polar surface area (TPSA) is 76.0 Å². The fourth-order valence-corrected chi connectivity index (χ4v) is 2.91. The minimum absolute atomic E-state index is 0. The fourth-order valence-electron chi connectivity index (χ4n) is 2.91. The molecule has 0 aliphatic rings. The molecule has 152 valence electrons. The van der Waals surface area contributed by atoms with Crippen molar-refractivity contribution in [3.63, 3.8) is 0 Å². The third-order valence-corrected chi connectivity index (χ3v) is 4.20. The van der Waals surface area contributed by atoms with Gasteiger partial charge in [0, 0.05) is 32.2 Å². The molecule has 0 amide bonds. The molecule has 8 heteroatoms. The Balaban J connectivity index is 0.00000256. The number of carbonyl (C=O) groups is 1. The summed E-state index contributed by atoms with van der Waals surface area (Å²) < 4.78 is 27.1. The van der Waals surface area contributed by atoms with Crippen molar-refractivity contribution in [3.8, 4) is 33.8 Å². The van der Waals surface area contributed by atoms with E-state index < -0.39 is 17.9 Å². The van der Waals surface area contributed by atoms with Gasteiger partial charge in [-0.25, -0.2) is 18.6 Å². The van der Waals surface area contributed by atoms with Gasteiger partial charge >= 0.3 is 5.97 Å². The van der Waals surface area contributed by atoms with Crippen LogP contribution in [0.25, 0.3) is 33.8 Å². The van der Waals surface area contributed by atoms with Crippen LogP contribution in [0.1, 0.15) is 10.5 Å². The number of hydrogen-bond acceptors (Lipinski definition) is 4. The summed E-state index contributed by atoms with van der Waals surface area (Å²) >= 11 is 0. The molecule has 3 aromatic heterocycles. The Labute approximate surface area is 184 Å². The van der Waals surface area contributed by atoms with Crippen LogP contribution in [0.15, 0.2) is 66.7 Å². The quantitative estimate of drug-likeness (QED) is 0.280. The van der Waals surface area contributed by atoms with Crippen molar-refractivity contribution in [2.75, 3.05) is 0 Å². The molecule has 0 saturated heterocycles. The first-order chi connectivity index (χ1) is 14.0. The standard InChI is InChI=1S/C22H12F2N3O2.Pt/c23-20-12-11-15(21(24)27-20)18-9-3-7-16(25-18)13-5-1-2-6-14(13)17-8-4-10-19(26-17)22(28)29;/h1-10,12H,(H,28,29);/q-1;. The van der Waals surface area contributed by atoms with Crippen molar-refractivity contribution in [1.82, 2.24) is 15.0 Å². The first kappa shape index (κ1) is 21.4. The molecular formula is C22H12F2N3O2Pt-. The summed E-state index contributed by atoms with van der Waals surface area (Å²) in [4.78, 5) is 23.1. The van der Waals surface area contributed by atoms with Crippen molar-refractivity contribution in [1.29, 1.82) is 0 Å². The molecule has 0 aliphatic carbocycles. The summed E-state index contributed by atoms with van der Waals surface area (Å²) in [5, 5.41) is 9.20. The maximum atomic E-state index is 14.0. The number of carboxylic acids is 1. The van der Waals surface area contributed by atoms with Crippen LogP contribution in [0.4, 0.5) is 8.78 Å². The minimum atomic E-state index is -1.13. The molecule has 0 aliphatic heterocycles. The predicted octanol–water partition coefficient (Wildman–Crippen LogP) is 4.65. The van der Waals surface area contributed by atoms with Crippen LogP contribution >= 0.6 is 0 Å². The van der Waals surface area contributed by atoms with E-state index in [1.807, 2.05) is 0 Å². The number of benzene rings is 1. The zero-order valence-corrected chi connectivity index (χ0v) is 17.4. The second kappa shape index (κ2) is 9.01. The zero-order chi connectivity index (χ0) is 20.4. The predicted molar refractivity (Wildman–Crippen MR) is 102 cm³/mol. The minimum Gasteiger partial charge on any atom is -0.477 e. The van der Waals surface area contributed by atoms with Gasteiger partial charge in [-0.2, -0.15) is 0 Å². The molecule has 0 bridgehead atoms. The largest absolute Gasteiger partial charge is 0.477 e. The van der Waals surface area contributed by atoms with Gasteiger partial charge in [-0.3, -0.25) is 9.97 Å². The number of hydrogen-bond donors (Lipinski definition) is 1. The van der Waals surface area contributed by atoms with Gasteiger partial charge in [-0.1, -0.05) is 54.1 Å². The molecule has 30 heavy (non-hydrogen) atoms. The molecule has 1 aromatic carbocycles. The van der Waals surface area contributed by atoms with Crippen LogP contribution in [0.3, 0.4) is 0 Å². The van der Waals surface area contributed by atoms with Gasteiger partial charge in [0.25, 0.3) is 0 Å². The van der Waals surface area contributed by atoms with Crippen molar-refractivity contribution < 1.29 is 39.7 Å². The van der Waals surface area contributed by atoms with Crippen LogP contribution < -0.4 is 0 Å². The Morgan fingerprint density at radius 2 is 1.40 bits per heavy atom. The van der Waals surface area contributed by atoms with Gasteiger partial charge in [0.05, 0.1) is 11.4 Å². The molecule has 1 N–H and O–H groups in total. The van der Waals surface area contributed by atoms with E-state index in [4.69, 9.17) is 0 Å². The molecular weight excluding hydrogens is 571 g/mol. The first-order valence-electron chi connectivity index (χ1n) is 8.54. The Morgan fingerprint density at radius 1 is 0.800 bits per heavy atom. The van der Waals surface area contributed by atoms with E-state index in [0.717, 1.165) is 6.07 Å². The van der Waals surface area contributed by atoms with Crippen LogP contribution in [-0.4, -0.2) is 26.0 Å². The molecule has 3 heterocycles. The maximum absolute atomic E-state index is 14.0. The van der Waals surface area contributed by atoms with E-state index in [9.17, 15) is 18.7 Å². The number of aromatic nitrogens is 3. The molecule has 0 atom stereocenters. The van der Waals surface area contributed by atoms with Crippen LogP contribution in [0.5, 0.6) is 0 Å². The van der Waals surface area contributed by atoms with Gasteiger partial charge in [-0.05, 0) is 23.9 Å². The summed E-state index contributed by atoms with van der Waals surface area (Å²) in [6, 6.07) is 20.4. The molecule has 0 fully saturated rings. The molecule has 4 aromatic rings. The monoisotopic (exact) mass is 583 g/mol. The van der Waals surface area contributed by atoms with Gasteiger partial charge in [-0.15, -0.1) is 6.07 Å². The number of aromatic carboxylic acids is 1. The van der Waals surface area contributed by atoms with Crippen LogP contribution in [0, 0.1) is 18.0 Å². The van der Waals surface area contributed by atoms with Gasteiger partial charge in [0.15, 0.2) is 0 Å². The van der Waals surface area contributed by atoms with E-state index in [0.29, 0.717) is 22.5 Å². The summed E-state index contributed by atoms with van der Waals surface area (Å²) in [7, 11) is 0. The molecule has 0 spiro atoms. The summed E-state index contributed by atoms with van der Waals surface area (Å²) in [5.41, 5.74) is 2.45. The van der Waals surface area contributed by atoms with E-state index in [1.54, 1.807) is 54.6 Å². The van der Waals surface area contributed by atoms with Crippen LogP contribution in [-0.2, 0) is 21.1 Å². The van der Waals surface area contributed by atoms with Crippen molar-refractivity contribution in [2.45, 2.75) is 0 Å². The van der Waals surface area contributed by atoms with E-state index in [2.05, 4.69) is 21.0 Å².